The highest BCUT2D eigenvalue weighted by Crippen LogP contribution is 2.13. The third kappa shape index (κ3) is 4.42. The smallest absolute Gasteiger partial charge is 0.191 e. The van der Waals surface area contributed by atoms with Crippen molar-refractivity contribution in [2.24, 2.45) is 12.0 Å². The van der Waals surface area contributed by atoms with Crippen molar-refractivity contribution in [3.05, 3.63) is 66.0 Å². The Morgan fingerprint density at radius 3 is 2.58 bits per heavy atom. The van der Waals surface area contributed by atoms with Crippen LogP contribution in [0.25, 0.3) is 11.0 Å². The molecule has 0 aliphatic heterocycles. The van der Waals surface area contributed by atoms with E-state index in [1.165, 1.54) is 5.56 Å². The van der Waals surface area contributed by atoms with Crippen LogP contribution >= 0.6 is 0 Å². The van der Waals surface area contributed by atoms with E-state index < -0.39 is 0 Å². The molecule has 136 valence electrons. The van der Waals surface area contributed by atoms with Crippen molar-refractivity contribution in [3.8, 4) is 0 Å². The van der Waals surface area contributed by atoms with Gasteiger partial charge in [-0.05, 0) is 37.5 Å². The fraction of sp³-hybridized carbons (Fsp3) is 0.333. The number of nitrogens with zero attached hydrogens (tertiary/aromatic N) is 3. The molecule has 5 heteroatoms. The Morgan fingerprint density at radius 1 is 1.12 bits per heavy atom. The van der Waals surface area contributed by atoms with Crippen LogP contribution in [-0.2, 0) is 20.0 Å². The molecule has 0 saturated heterocycles. The van der Waals surface area contributed by atoms with Gasteiger partial charge in [-0.1, -0.05) is 42.5 Å². The molecule has 3 aromatic rings. The molecular weight excluding hydrogens is 322 g/mol. The zero-order valence-electron chi connectivity index (χ0n) is 15.7. The molecule has 1 heterocycles. The van der Waals surface area contributed by atoms with Gasteiger partial charge < -0.3 is 15.2 Å². The third-order valence-electron chi connectivity index (χ3n) is 4.61. The number of aromatic nitrogens is 2. The zero-order chi connectivity index (χ0) is 18.4. The third-order valence-corrected chi connectivity index (χ3v) is 4.61. The molecule has 1 aromatic heterocycles. The first-order chi connectivity index (χ1) is 12.7. The van der Waals surface area contributed by atoms with Gasteiger partial charge in [0.25, 0.3) is 0 Å². The van der Waals surface area contributed by atoms with Gasteiger partial charge in [-0.15, -0.1) is 0 Å². The highest BCUT2D eigenvalue weighted by Gasteiger charge is 2.09. The Bertz CT molecular complexity index is 866. The van der Waals surface area contributed by atoms with Crippen LogP contribution in [0, 0.1) is 0 Å². The first kappa shape index (κ1) is 18.0. The van der Waals surface area contributed by atoms with Crippen LogP contribution in [0.3, 0.4) is 0 Å². The van der Waals surface area contributed by atoms with Gasteiger partial charge >= 0.3 is 0 Å². The predicted molar refractivity (Wildman–Crippen MR) is 108 cm³/mol. The largest absolute Gasteiger partial charge is 0.354 e. The van der Waals surface area contributed by atoms with Crippen LogP contribution in [-0.4, -0.2) is 28.6 Å². The van der Waals surface area contributed by atoms with Crippen LogP contribution in [0.5, 0.6) is 0 Å². The minimum absolute atomic E-state index is 0.335. The maximum absolute atomic E-state index is 4.69. The van der Waals surface area contributed by atoms with Crippen molar-refractivity contribution < 1.29 is 0 Å². The Balaban J connectivity index is 1.53. The minimum Gasteiger partial charge on any atom is -0.354 e. The second-order valence-electron chi connectivity index (χ2n) is 6.57. The lowest BCUT2D eigenvalue weighted by molar-refractivity contribution is 0.590. The van der Waals surface area contributed by atoms with E-state index in [0.29, 0.717) is 12.6 Å². The fourth-order valence-electron chi connectivity index (χ4n) is 3.04. The number of para-hydroxylation sites is 2. The quantitative estimate of drug-likeness (QED) is 0.530. The summed E-state index contributed by atoms with van der Waals surface area (Å²) in [6, 6.07) is 19.1. The molecular formula is C21H27N5. The molecule has 5 nitrogen and oxygen atoms in total. The number of hydrogen-bond acceptors (Lipinski definition) is 2. The first-order valence-electron chi connectivity index (χ1n) is 9.09. The van der Waals surface area contributed by atoms with E-state index >= 15 is 0 Å². The molecule has 1 unspecified atom stereocenters. The average molecular weight is 349 g/mol. The molecule has 0 amide bonds. The molecule has 0 spiro atoms. The predicted octanol–water partition coefficient (Wildman–Crippen LogP) is 3.26. The van der Waals surface area contributed by atoms with E-state index in [2.05, 4.69) is 63.5 Å². The van der Waals surface area contributed by atoms with Gasteiger partial charge in [0.1, 0.15) is 5.82 Å². The summed E-state index contributed by atoms with van der Waals surface area (Å²) in [7, 11) is 3.85. The summed E-state index contributed by atoms with van der Waals surface area (Å²) in [5.74, 6) is 1.80. The number of hydrogen-bond donors (Lipinski definition) is 2. The molecule has 0 aliphatic rings. The lowest BCUT2D eigenvalue weighted by Gasteiger charge is -2.18. The molecule has 0 bridgehead atoms. The SMILES string of the molecule is CN=C(NCc1nc2ccccc2n1C)NC(C)CCc1ccccc1. The highest BCUT2D eigenvalue weighted by molar-refractivity contribution is 5.80. The van der Waals surface area contributed by atoms with Crippen LogP contribution in [0.4, 0.5) is 0 Å². The van der Waals surface area contributed by atoms with Gasteiger partial charge in [0.2, 0.25) is 0 Å². The number of aryl methyl sites for hydroxylation is 2. The van der Waals surface area contributed by atoms with Gasteiger partial charge in [0.05, 0.1) is 17.6 Å². The molecule has 0 aliphatic carbocycles. The summed E-state index contributed by atoms with van der Waals surface area (Å²) in [5, 5.41) is 6.83. The first-order valence-corrected chi connectivity index (χ1v) is 9.09. The molecule has 26 heavy (non-hydrogen) atoms. The number of guanidine groups is 1. The fourth-order valence-corrected chi connectivity index (χ4v) is 3.04. The molecule has 3 rings (SSSR count). The lowest BCUT2D eigenvalue weighted by Crippen LogP contribution is -2.42. The Morgan fingerprint density at radius 2 is 1.85 bits per heavy atom. The number of nitrogens with one attached hydrogen (secondary N) is 2. The van der Waals surface area contributed by atoms with Crippen molar-refractivity contribution >= 4 is 17.0 Å². The van der Waals surface area contributed by atoms with Crippen molar-refractivity contribution in [2.45, 2.75) is 32.4 Å². The lowest BCUT2D eigenvalue weighted by atomic mass is 10.1. The molecule has 0 radical (unpaired) electrons. The van der Waals surface area contributed by atoms with Gasteiger partial charge in [-0.25, -0.2) is 4.98 Å². The summed E-state index contributed by atoms with van der Waals surface area (Å²) in [6.07, 6.45) is 2.10. The second-order valence-corrected chi connectivity index (χ2v) is 6.57. The van der Waals surface area contributed by atoms with Crippen molar-refractivity contribution in [1.29, 1.82) is 0 Å². The highest BCUT2D eigenvalue weighted by atomic mass is 15.2. The molecule has 0 fully saturated rings. The molecule has 2 N–H and O–H groups in total. The van der Waals surface area contributed by atoms with E-state index in [9.17, 15) is 0 Å². The molecule has 2 aromatic carbocycles. The average Bonchev–Trinajstić information content (AvgIpc) is 3.00. The number of imidazole rings is 1. The number of aliphatic imine (C=N–C) groups is 1. The van der Waals surface area contributed by atoms with E-state index in [1.54, 1.807) is 7.05 Å². The number of rotatable bonds is 6. The second kappa shape index (κ2) is 8.52. The van der Waals surface area contributed by atoms with Crippen LogP contribution in [0.2, 0.25) is 0 Å². The summed E-state index contributed by atoms with van der Waals surface area (Å²) in [5.41, 5.74) is 3.53. The van der Waals surface area contributed by atoms with Crippen molar-refractivity contribution in [1.82, 2.24) is 20.2 Å². The van der Waals surface area contributed by atoms with Crippen LogP contribution < -0.4 is 10.6 Å². The molecule has 0 saturated carbocycles. The van der Waals surface area contributed by atoms with Gasteiger partial charge in [-0.2, -0.15) is 0 Å². The van der Waals surface area contributed by atoms with Gasteiger partial charge in [0, 0.05) is 20.1 Å². The van der Waals surface area contributed by atoms with E-state index in [1.807, 2.05) is 25.2 Å². The summed E-state index contributed by atoms with van der Waals surface area (Å²) < 4.78 is 2.12. The number of fused-ring (bicyclic) bond motifs is 1. The Kier molecular flexibility index (Phi) is 5.89. The summed E-state index contributed by atoms with van der Waals surface area (Å²) in [6.45, 7) is 2.82. The van der Waals surface area contributed by atoms with Gasteiger partial charge in [0.15, 0.2) is 5.96 Å². The van der Waals surface area contributed by atoms with Crippen LogP contribution in [0.1, 0.15) is 24.7 Å². The van der Waals surface area contributed by atoms with Crippen molar-refractivity contribution in [2.75, 3.05) is 7.05 Å². The maximum Gasteiger partial charge on any atom is 0.191 e. The van der Waals surface area contributed by atoms with E-state index in [0.717, 1.165) is 35.7 Å². The summed E-state index contributed by atoms with van der Waals surface area (Å²) >= 11 is 0. The van der Waals surface area contributed by atoms with Gasteiger partial charge in [-0.3, -0.25) is 4.99 Å². The van der Waals surface area contributed by atoms with Crippen molar-refractivity contribution in [3.63, 3.8) is 0 Å². The van der Waals surface area contributed by atoms with E-state index in [-0.39, 0.29) is 0 Å². The van der Waals surface area contributed by atoms with Crippen LogP contribution in [0.15, 0.2) is 59.6 Å². The minimum atomic E-state index is 0.335. The monoisotopic (exact) mass is 349 g/mol. The number of benzene rings is 2. The topological polar surface area (TPSA) is 54.2 Å². The Hall–Kier alpha value is -2.82. The standard InChI is InChI=1S/C21H27N5/c1-16(13-14-17-9-5-4-6-10-17)24-21(22-2)23-15-20-25-18-11-7-8-12-19(18)26(20)3/h4-12,16H,13-15H2,1-3H3,(H2,22,23,24). The Labute approximate surface area is 155 Å². The van der Waals surface area contributed by atoms with E-state index in [4.69, 9.17) is 4.98 Å². The summed E-state index contributed by atoms with van der Waals surface area (Å²) in [4.78, 5) is 9.03. The zero-order valence-corrected chi connectivity index (χ0v) is 15.7. The maximum atomic E-state index is 4.69. The normalized spacial score (nSPS) is 13.0. The molecule has 1 atom stereocenters.